The summed E-state index contributed by atoms with van der Waals surface area (Å²) >= 11 is 1.76. The lowest BCUT2D eigenvalue weighted by molar-refractivity contribution is 0.727. The number of para-hydroxylation sites is 1. The summed E-state index contributed by atoms with van der Waals surface area (Å²) in [6.45, 7) is 4.04. The second-order valence-electron chi connectivity index (χ2n) is 4.18. The zero-order chi connectivity index (χ0) is 12.4. The highest BCUT2D eigenvalue weighted by Gasteiger charge is 2.06. The van der Waals surface area contributed by atoms with Crippen molar-refractivity contribution in [2.24, 2.45) is 7.05 Å². The monoisotopic (exact) mass is 247 g/mol. The maximum atomic E-state index is 6.05. The molecule has 1 heterocycles. The molecule has 0 saturated heterocycles. The van der Waals surface area contributed by atoms with Crippen molar-refractivity contribution < 1.29 is 0 Å². The van der Waals surface area contributed by atoms with Crippen molar-refractivity contribution in [1.82, 2.24) is 9.78 Å². The molecule has 2 rings (SSSR count). The second-order valence-corrected chi connectivity index (χ2v) is 5.19. The third-order valence-corrected chi connectivity index (χ3v) is 3.87. The number of thioether (sulfide) groups is 1. The first-order chi connectivity index (χ1) is 8.08. The number of hydrogen-bond donors (Lipinski definition) is 1. The van der Waals surface area contributed by atoms with Crippen LogP contribution in [0.25, 0.3) is 0 Å². The maximum absolute atomic E-state index is 6.05. The van der Waals surface area contributed by atoms with Crippen LogP contribution in [-0.2, 0) is 12.8 Å². The molecule has 0 saturated carbocycles. The van der Waals surface area contributed by atoms with Crippen LogP contribution >= 0.6 is 11.8 Å². The third-order valence-electron chi connectivity index (χ3n) is 2.76. The van der Waals surface area contributed by atoms with Crippen LogP contribution in [0, 0.1) is 13.8 Å². The number of nitrogens with two attached hydrogens (primary N) is 1. The average molecular weight is 247 g/mol. The fourth-order valence-electron chi connectivity index (χ4n) is 1.73. The van der Waals surface area contributed by atoms with E-state index in [1.54, 1.807) is 11.8 Å². The van der Waals surface area contributed by atoms with E-state index in [9.17, 15) is 0 Å². The summed E-state index contributed by atoms with van der Waals surface area (Å²) in [6.07, 6.45) is 0. The van der Waals surface area contributed by atoms with Crippen LogP contribution in [-0.4, -0.2) is 9.78 Å². The van der Waals surface area contributed by atoms with Gasteiger partial charge in [0.25, 0.3) is 0 Å². The van der Waals surface area contributed by atoms with Gasteiger partial charge in [-0.25, -0.2) is 0 Å². The van der Waals surface area contributed by atoms with Crippen molar-refractivity contribution in [2.75, 3.05) is 5.73 Å². The quantitative estimate of drug-likeness (QED) is 0.670. The summed E-state index contributed by atoms with van der Waals surface area (Å²) in [6, 6.07) is 8.26. The summed E-state index contributed by atoms with van der Waals surface area (Å²) in [4.78, 5) is 1.14. The molecule has 0 bridgehead atoms. The van der Waals surface area contributed by atoms with E-state index in [2.05, 4.69) is 17.2 Å². The Morgan fingerprint density at radius 1 is 1.35 bits per heavy atom. The predicted molar refractivity (Wildman–Crippen MR) is 73.1 cm³/mol. The molecule has 0 unspecified atom stereocenters. The van der Waals surface area contributed by atoms with Crippen molar-refractivity contribution in [3.8, 4) is 0 Å². The summed E-state index contributed by atoms with van der Waals surface area (Å²) in [5.41, 5.74) is 10.3. The predicted octanol–water partition coefficient (Wildman–Crippen LogP) is 2.91. The number of aryl methyl sites for hydroxylation is 3. The zero-order valence-corrected chi connectivity index (χ0v) is 11.2. The van der Waals surface area contributed by atoms with E-state index >= 15 is 0 Å². The Hall–Kier alpha value is -1.42. The molecule has 3 nitrogen and oxygen atoms in total. The van der Waals surface area contributed by atoms with Gasteiger partial charge in [0.15, 0.2) is 0 Å². The number of anilines is 1. The van der Waals surface area contributed by atoms with Crippen LogP contribution in [0.2, 0.25) is 0 Å². The van der Waals surface area contributed by atoms with Crippen molar-refractivity contribution in [2.45, 2.75) is 24.5 Å². The number of nitrogens with zero attached hydrogens (tertiary/aromatic N) is 2. The lowest BCUT2D eigenvalue weighted by atomic mass is 10.2. The molecule has 2 N–H and O–H groups in total. The van der Waals surface area contributed by atoms with Crippen molar-refractivity contribution >= 4 is 17.4 Å². The van der Waals surface area contributed by atoms with Crippen LogP contribution in [0.4, 0.5) is 5.69 Å². The van der Waals surface area contributed by atoms with Gasteiger partial charge in [-0.1, -0.05) is 12.1 Å². The van der Waals surface area contributed by atoms with Gasteiger partial charge in [-0.2, -0.15) is 5.10 Å². The fraction of sp³-hybridized carbons (Fsp3) is 0.308. The first kappa shape index (κ1) is 12.0. The number of aromatic nitrogens is 2. The molecule has 1 aromatic heterocycles. The summed E-state index contributed by atoms with van der Waals surface area (Å²) in [5, 5.41) is 4.34. The van der Waals surface area contributed by atoms with Gasteiger partial charge in [-0.3, -0.25) is 4.68 Å². The topological polar surface area (TPSA) is 43.8 Å². The maximum Gasteiger partial charge on any atom is 0.0596 e. The molecule has 0 radical (unpaired) electrons. The Morgan fingerprint density at radius 3 is 2.76 bits per heavy atom. The third kappa shape index (κ3) is 2.64. The smallest absolute Gasteiger partial charge is 0.0596 e. The zero-order valence-electron chi connectivity index (χ0n) is 10.4. The fourth-order valence-corrected chi connectivity index (χ4v) is 2.80. The van der Waals surface area contributed by atoms with Gasteiger partial charge in [-0.15, -0.1) is 11.8 Å². The van der Waals surface area contributed by atoms with Crippen LogP contribution in [0.5, 0.6) is 0 Å². The molecule has 0 aliphatic carbocycles. The minimum Gasteiger partial charge on any atom is -0.398 e. The Bertz CT molecular complexity index is 531. The molecule has 90 valence electrons. The van der Waals surface area contributed by atoms with Gasteiger partial charge in [0.1, 0.15) is 0 Å². The van der Waals surface area contributed by atoms with Gasteiger partial charge < -0.3 is 5.73 Å². The second kappa shape index (κ2) is 4.84. The molecule has 0 aliphatic rings. The first-order valence-electron chi connectivity index (χ1n) is 5.55. The van der Waals surface area contributed by atoms with Gasteiger partial charge in [-0.05, 0) is 31.5 Å². The van der Waals surface area contributed by atoms with Crippen LogP contribution in [0.15, 0.2) is 29.2 Å². The molecule has 2 aromatic rings. The minimum atomic E-state index is 0.886. The number of rotatable bonds is 3. The van der Waals surface area contributed by atoms with Gasteiger partial charge in [0.05, 0.1) is 5.69 Å². The molecule has 0 atom stereocenters. The highest BCUT2D eigenvalue weighted by molar-refractivity contribution is 7.98. The van der Waals surface area contributed by atoms with Crippen molar-refractivity contribution in [3.63, 3.8) is 0 Å². The molecule has 0 spiro atoms. The van der Waals surface area contributed by atoms with Crippen molar-refractivity contribution in [3.05, 3.63) is 41.2 Å². The van der Waals surface area contributed by atoms with E-state index in [1.807, 2.05) is 37.7 Å². The van der Waals surface area contributed by atoms with Crippen molar-refractivity contribution in [1.29, 1.82) is 0 Å². The van der Waals surface area contributed by atoms with E-state index in [0.29, 0.717) is 0 Å². The summed E-state index contributed by atoms with van der Waals surface area (Å²) < 4.78 is 1.92. The van der Waals surface area contributed by atoms with Crippen LogP contribution < -0.4 is 5.73 Å². The Kier molecular flexibility index (Phi) is 3.43. The molecule has 0 fully saturated rings. The van der Waals surface area contributed by atoms with E-state index in [0.717, 1.165) is 27.6 Å². The number of benzene rings is 1. The van der Waals surface area contributed by atoms with Crippen LogP contribution in [0.1, 0.15) is 17.0 Å². The first-order valence-corrected chi connectivity index (χ1v) is 6.54. The molecular formula is C13H17N3S. The SMILES string of the molecule is Cc1cc(CSc2cccc(C)c2N)n(C)n1. The van der Waals surface area contributed by atoms with E-state index < -0.39 is 0 Å². The molecule has 0 aliphatic heterocycles. The average Bonchev–Trinajstić information content (AvgIpc) is 2.60. The Morgan fingerprint density at radius 2 is 2.12 bits per heavy atom. The lowest BCUT2D eigenvalue weighted by Crippen LogP contribution is -1.97. The Balaban J connectivity index is 2.12. The van der Waals surface area contributed by atoms with Gasteiger partial charge >= 0.3 is 0 Å². The Labute approximate surface area is 106 Å². The highest BCUT2D eigenvalue weighted by atomic mass is 32.2. The van der Waals surface area contributed by atoms with E-state index in [-0.39, 0.29) is 0 Å². The number of nitrogen functional groups attached to an aromatic ring is 1. The molecule has 17 heavy (non-hydrogen) atoms. The summed E-state index contributed by atoms with van der Waals surface area (Å²) in [7, 11) is 1.97. The molecule has 4 heteroatoms. The minimum absolute atomic E-state index is 0.886. The van der Waals surface area contributed by atoms with E-state index in [1.165, 1.54) is 5.69 Å². The molecule has 0 amide bonds. The summed E-state index contributed by atoms with van der Waals surface area (Å²) in [5.74, 6) is 0.894. The van der Waals surface area contributed by atoms with Gasteiger partial charge in [0, 0.05) is 29.1 Å². The lowest BCUT2D eigenvalue weighted by Gasteiger charge is -2.07. The highest BCUT2D eigenvalue weighted by Crippen LogP contribution is 2.29. The van der Waals surface area contributed by atoms with Gasteiger partial charge in [0.2, 0.25) is 0 Å². The molecule has 1 aromatic carbocycles. The standard InChI is InChI=1S/C13H17N3S/c1-9-5-4-6-12(13(9)14)17-8-11-7-10(2)15-16(11)3/h4-7H,8,14H2,1-3H3. The van der Waals surface area contributed by atoms with Crippen LogP contribution in [0.3, 0.4) is 0 Å². The molecular weight excluding hydrogens is 230 g/mol. The largest absolute Gasteiger partial charge is 0.398 e. The van der Waals surface area contributed by atoms with E-state index in [4.69, 9.17) is 5.73 Å². The normalized spacial score (nSPS) is 10.8. The number of hydrogen-bond acceptors (Lipinski definition) is 3.